The van der Waals surface area contributed by atoms with E-state index in [4.69, 9.17) is 21.9 Å². The van der Waals surface area contributed by atoms with Crippen LogP contribution >= 0.6 is 11.6 Å². The number of carbonyl (C=O) groups excluding carboxylic acids is 2. The van der Waals surface area contributed by atoms with Crippen LogP contribution in [-0.2, 0) is 4.79 Å². The first-order chi connectivity index (χ1) is 10.1. The van der Waals surface area contributed by atoms with Crippen LogP contribution in [0.25, 0.3) is 11.3 Å². The highest BCUT2D eigenvalue weighted by molar-refractivity contribution is 6.30. The lowest BCUT2D eigenvalue weighted by molar-refractivity contribution is -0.118. The molecule has 0 saturated heterocycles. The fourth-order valence-electron chi connectivity index (χ4n) is 1.72. The Labute approximate surface area is 126 Å². The summed E-state index contributed by atoms with van der Waals surface area (Å²) in [6, 6.07) is 8.62. The third-order valence-corrected chi connectivity index (χ3v) is 2.97. The number of nitrogens with one attached hydrogen (secondary N) is 1. The predicted molar refractivity (Wildman–Crippen MR) is 77.7 cm³/mol. The zero-order valence-corrected chi connectivity index (χ0v) is 11.9. The number of primary amides is 1. The fourth-order valence-corrected chi connectivity index (χ4v) is 1.91. The third kappa shape index (κ3) is 4.32. The molecule has 110 valence electrons. The Kier molecular flexibility index (Phi) is 4.94. The lowest BCUT2D eigenvalue weighted by Crippen LogP contribution is -2.25. The molecule has 0 radical (unpaired) electrons. The molecule has 2 rings (SSSR count). The van der Waals surface area contributed by atoms with Gasteiger partial charge in [0.2, 0.25) is 11.7 Å². The van der Waals surface area contributed by atoms with Gasteiger partial charge in [-0.3, -0.25) is 9.59 Å². The molecule has 0 bridgehead atoms. The largest absolute Gasteiger partial charge is 0.370 e. The summed E-state index contributed by atoms with van der Waals surface area (Å²) in [6.07, 6.45) is 0.709. The first kappa shape index (κ1) is 15.1. The number of nitrogens with two attached hydrogens (primary N) is 1. The van der Waals surface area contributed by atoms with E-state index in [1.54, 1.807) is 18.2 Å². The number of carbonyl (C=O) groups is 2. The Hall–Kier alpha value is -2.34. The van der Waals surface area contributed by atoms with E-state index in [2.05, 4.69) is 10.5 Å². The number of hydrogen-bond acceptors (Lipinski definition) is 4. The van der Waals surface area contributed by atoms with Crippen LogP contribution in [-0.4, -0.2) is 23.5 Å². The van der Waals surface area contributed by atoms with Gasteiger partial charge in [-0.2, -0.15) is 0 Å². The van der Waals surface area contributed by atoms with Crippen LogP contribution in [0.15, 0.2) is 34.9 Å². The highest BCUT2D eigenvalue weighted by atomic mass is 35.5. The summed E-state index contributed by atoms with van der Waals surface area (Å²) in [5.74, 6) is -0.684. The normalized spacial score (nSPS) is 10.3. The molecule has 1 aromatic carbocycles. The van der Waals surface area contributed by atoms with Crippen LogP contribution in [0.2, 0.25) is 5.02 Å². The summed E-state index contributed by atoms with van der Waals surface area (Å²) in [5.41, 5.74) is 6.30. The van der Waals surface area contributed by atoms with E-state index in [1.165, 1.54) is 6.07 Å². The maximum atomic E-state index is 11.8. The van der Waals surface area contributed by atoms with Crippen LogP contribution in [0.5, 0.6) is 0 Å². The van der Waals surface area contributed by atoms with Crippen LogP contribution in [0, 0.1) is 0 Å². The van der Waals surface area contributed by atoms with Gasteiger partial charge >= 0.3 is 0 Å². The molecule has 0 atom stereocenters. The van der Waals surface area contributed by atoms with Gasteiger partial charge in [0.25, 0.3) is 5.91 Å². The van der Waals surface area contributed by atoms with Crippen LogP contribution < -0.4 is 11.1 Å². The van der Waals surface area contributed by atoms with E-state index < -0.39 is 5.91 Å². The molecular formula is C14H14ClN3O3. The standard InChI is InChI=1S/C14H14ClN3O3/c15-10-4-1-3-9(7-10)11-8-12(21-18-11)14(20)17-6-2-5-13(16)19/h1,3-4,7-8H,2,5-6H2,(H2,16,19)(H,17,20). The second kappa shape index (κ2) is 6.90. The van der Waals surface area contributed by atoms with Crippen molar-refractivity contribution in [1.29, 1.82) is 0 Å². The van der Waals surface area contributed by atoms with E-state index in [-0.39, 0.29) is 18.1 Å². The zero-order valence-electron chi connectivity index (χ0n) is 11.1. The second-order valence-corrected chi connectivity index (χ2v) is 4.85. The maximum absolute atomic E-state index is 11.8. The van der Waals surface area contributed by atoms with Gasteiger partial charge in [-0.05, 0) is 18.6 Å². The van der Waals surface area contributed by atoms with Gasteiger partial charge in [0.1, 0.15) is 5.69 Å². The smallest absolute Gasteiger partial charge is 0.289 e. The molecule has 0 aliphatic carbocycles. The number of rotatable bonds is 6. The quantitative estimate of drug-likeness (QED) is 0.797. The molecule has 0 saturated carbocycles. The molecule has 2 amide bonds. The summed E-state index contributed by atoms with van der Waals surface area (Å²) in [6.45, 7) is 0.342. The van der Waals surface area contributed by atoms with E-state index in [0.29, 0.717) is 23.7 Å². The highest BCUT2D eigenvalue weighted by Crippen LogP contribution is 2.22. The van der Waals surface area contributed by atoms with Crippen molar-refractivity contribution in [2.75, 3.05) is 6.54 Å². The molecule has 0 spiro atoms. The Morgan fingerprint density at radius 2 is 2.14 bits per heavy atom. The van der Waals surface area contributed by atoms with E-state index in [1.807, 2.05) is 6.07 Å². The van der Waals surface area contributed by atoms with E-state index >= 15 is 0 Å². The zero-order chi connectivity index (χ0) is 15.2. The molecule has 3 N–H and O–H groups in total. The minimum Gasteiger partial charge on any atom is -0.370 e. The number of nitrogens with zero attached hydrogens (tertiary/aromatic N) is 1. The van der Waals surface area contributed by atoms with Crippen molar-refractivity contribution < 1.29 is 14.1 Å². The first-order valence-corrected chi connectivity index (χ1v) is 6.73. The van der Waals surface area contributed by atoms with E-state index in [9.17, 15) is 9.59 Å². The van der Waals surface area contributed by atoms with Gasteiger partial charge in [0.05, 0.1) is 0 Å². The average molecular weight is 308 g/mol. The number of aromatic nitrogens is 1. The fraction of sp³-hybridized carbons (Fsp3) is 0.214. The molecule has 0 aliphatic rings. The average Bonchev–Trinajstić information content (AvgIpc) is 2.93. The molecule has 0 unspecified atom stereocenters. The monoisotopic (exact) mass is 307 g/mol. The maximum Gasteiger partial charge on any atom is 0.289 e. The molecular weight excluding hydrogens is 294 g/mol. The molecule has 0 fully saturated rings. The van der Waals surface area contributed by atoms with Crippen molar-refractivity contribution in [2.45, 2.75) is 12.8 Å². The van der Waals surface area contributed by atoms with Crippen molar-refractivity contribution in [3.63, 3.8) is 0 Å². The summed E-state index contributed by atoms with van der Waals surface area (Å²) in [5, 5.41) is 7.04. The van der Waals surface area contributed by atoms with Gasteiger partial charge in [-0.15, -0.1) is 0 Å². The summed E-state index contributed by atoms with van der Waals surface area (Å²) >= 11 is 5.90. The molecule has 0 aliphatic heterocycles. The molecule has 2 aromatic rings. The van der Waals surface area contributed by atoms with Crippen LogP contribution in [0.1, 0.15) is 23.4 Å². The van der Waals surface area contributed by atoms with Gasteiger partial charge in [0, 0.05) is 29.6 Å². The minimum absolute atomic E-state index is 0.101. The van der Waals surface area contributed by atoms with Crippen molar-refractivity contribution in [1.82, 2.24) is 10.5 Å². The van der Waals surface area contributed by atoms with Gasteiger partial charge in [-0.1, -0.05) is 28.9 Å². The number of halogens is 1. The SMILES string of the molecule is NC(=O)CCCNC(=O)c1cc(-c2cccc(Cl)c2)no1. The Morgan fingerprint density at radius 3 is 2.86 bits per heavy atom. The highest BCUT2D eigenvalue weighted by Gasteiger charge is 2.13. The first-order valence-electron chi connectivity index (χ1n) is 6.35. The van der Waals surface area contributed by atoms with Gasteiger partial charge < -0.3 is 15.6 Å². The lowest BCUT2D eigenvalue weighted by Gasteiger charge is -2.00. The van der Waals surface area contributed by atoms with Crippen molar-refractivity contribution in [3.8, 4) is 11.3 Å². The minimum atomic E-state index is -0.396. The number of benzene rings is 1. The van der Waals surface area contributed by atoms with Crippen molar-refractivity contribution in [3.05, 3.63) is 41.1 Å². The number of hydrogen-bond donors (Lipinski definition) is 2. The third-order valence-electron chi connectivity index (χ3n) is 2.74. The summed E-state index contributed by atoms with van der Waals surface area (Å²) < 4.78 is 5.00. The second-order valence-electron chi connectivity index (χ2n) is 4.41. The van der Waals surface area contributed by atoms with E-state index in [0.717, 1.165) is 5.56 Å². The Morgan fingerprint density at radius 1 is 1.33 bits per heavy atom. The lowest BCUT2D eigenvalue weighted by atomic mass is 10.1. The molecule has 7 heteroatoms. The Bertz CT molecular complexity index is 654. The predicted octanol–water partition coefficient (Wildman–Crippen LogP) is 1.99. The van der Waals surface area contributed by atoms with Crippen LogP contribution in [0.3, 0.4) is 0 Å². The molecule has 6 nitrogen and oxygen atoms in total. The summed E-state index contributed by atoms with van der Waals surface area (Å²) in [4.78, 5) is 22.4. The van der Waals surface area contributed by atoms with Gasteiger partial charge in [0.15, 0.2) is 0 Å². The van der Waals surface area contributed by atoms with Crippen molar-refractivity contribution >= 4 is 23.4 Å². The van der Waals surface area contributed by atoms with Crippen molar-refractivity contribution in [2.24, 2.45) is 5.73 Å². The number of amides is 2. The van der Waals surface area contributed by atoms with Crippen LogP contribution in [0.4, 0.5) is 0 Å². The Balaban J connectivity index is 1.96. The molecule has 1 aromatic heterocycles. The summed E-state index contributed by atoms with van der Waals surface area (Å²) in [7, 11) is 0. The van der Waals surface area contributed by atoms with Gasteiger partial charge in [-0.25, -0.2) is 0 Å². The molecule has 21 heavy (non-hydrogen) atoms. The topological polar surface area (TPSA) is 98.2 Å². The molecule has 1 heterocycles.